The van der Waals surface area contributed by atoms with Crippen molar-refractivity contribution in [3.63, 3.8) is 0 Å². The number of hydrogen-bond acceptors (Lipinski definition) is 5. The van der Waals surface area contributed by atoms with Crippen molar-refractivity contribution >= 4 is 0 Å². The second kappa shape index (κ2) is 8.04. The first-order chi connectivity index (χ1) is 12.0. The number of likely N-dealkylation sites (N-methyl/N-ethyl adjacent to an activating group) is 1. The Balaban J connectivity index is 1.64. The summed E-state index contributed by atoms with van der Waals surface area (Å²) in [5.74, 6) is 0.931. The van der Waals surface area contributed by atoms with Crippen LogP contribution in [-0.2, 0) is 11.3 Å². The molecule has 0 spiro atoms. The third-order valence-corrected chi connectivity index (χ3v) is 5.76. The molecule has 1 aliphatic heterocycles. The van der Waals surface area contributed by atoms with E-state index >= 15 is 0 Å². The first kappa shape index (κ1) is 18.6. The Kier molecular flexibility index (Phi) is 6.00. The van der Waals surface area contributed by atoms with Crippen molar-refractivity contribution in [1.82, 2.24) is 9.80 Å². The standard InChI is InChI=1S/C20H32N2O3/c1-21(2)11-12-25-18-6-4-5-16(13-18)15-22-10-9-20(24-3)8-7-17(23)14-19(20)22/h4-6,13,17,19,23H,7-12,14-15H2,1-3H3/t17-,19+,20-/m1/s1. The zero-order chi connectivity index (χ0) is 17.9. The molecule has 1 N–H and O–H groups in total. The lowest BCUT2D eigenvalue weighted by Gasteiger charge is -2.42. The maximum absolute atomic E-state index is 10.1. The van der Waals surface area contributed by atoms with Crippen LogP contribution >= 0.6 is 0 Å². The van der Waals surface area contributed by atoms with Crippen LogP contribution in [0.2, 0.25) is 0 Å². The third-order valence-electron chi connectivity index (χ3n) is 5.76. The van der Waals surface area contributed by atoms with Crippen molar-refractivity contribution in [1.29, 1.82) is 0 Å². The van der Waals surface area contributed by atoms with Gasteiger partial charge in [-0.15, -0.1) is 0 Å². The lowest BCUT2D eigenvalue weighted by Crippen LogP contribution is -2.51. The second-order valence-corrected chi connectivity index (χ2v) is 7.73. The van der Waals surface area contributed by atoms with E-state index < -0.39 is 0 Å². The molecule has 3 rings (SSSR count). The molecule has 0 amide bonds. The highest BCUT2D eigenvalue weighted by Gasteiger charge is 2.50. The normalized spacial score (nSPS) is 29.8. The Hall–Kier alpha value is -1.14. The fourth-order valence-electron chi connectivity index (χ4n) is 4.27. The van der Waals surface area contributed by atoms with Crippen LogP contribution < -0.4 is 4.74 Å². The van der Waals surface area contributed by atoms with Crippen molar-refractivity contribution in [2.45, 2.75) is 50.0 Å². The predicted molar refractivity (Wildman–Crippen MR) is 98.9 cm³/mol. The maximum atomic E-state index is 10.1. The van der Waals surface area contributed by atoms with Gasteiger partial charge in [0.15, 0.2) is 0 Å². The molecule has 3 atom stereocenters. The molecule has 0 aromatic heterocycles. The number of hydrogen-bond donors (Lipinski definition) is 1. The zero-order valence-electron chi connectivity index (χ0n) is 15.8. The summed E-state index contributed by atoms with van der Waals surface area (Å²) in [5, 5.41) is 10.1. The molecule has 0 unspecified atom stereocenters. The monoisotopic (exact) mass is 348 g/mol. The van der Waals surface area contributed by atoms with Gasteiger partial charge < -0.3 is 19.5 Å². The minimum Gasteiger partial charge on any atom is -0.492 e. The van der Waals surface area contributed by atoms with Gasteiger partial charge in [0.2, 0.25) is 0 Å². The molecular weight excluding hydrogens is 316 g/mol. The predicted octanol–water partition coefficient (Wildman–Crippen LogP) is 2.13. The summed E-state index contributed by atoms with van der Waals surface area (Å²) in [4.78, 5) is 4.59. The van der Waals surface area contributed by atoms with Gasteiger partial charge in [-0.3, -0.25) is 4.90 Å². The average molecular weight is 348 g/mol. The highest BCUT2D eigenvalue weighted by Crippen LogP contribution is 2.43. The summed E-state index contributed by atoms with van der Waals surface area (Å²) in [7, 11) is 5.93. The van der Waals surface area contributed by atoms with Gasteiger partial charge in [-0.05, 0) is 57.5 Å². The van der Waals surface area contributed by atoms with Crippen molar-refractivity contribution in [3.05, 3.63) is 29.8 Å². The molecule has 1 aromatic carbocycles. The van der Waals surface area contributed by atoms with E-state index in [2.05, 4.69) is 28.0 Å². The van der Waals surface area contributed by atoms with E-state index in [1.165, 1.54) is 5.56 Å². The quantitative estimate of drug-likeness (QED) is 0.818. The summed E-state index contributed by atoms with van der Waals surface area (Å²) in [6, 6.07) is 8.69. The lowest BCUT2D eigenvalue weighted by molar-refractivity contribution is -0.0879. The summed E-state index contributed by atoms with van der Waals surface area (Å²) in [5.41, 5.74) is 1.19. The van der Waals surface area contributed by atoms with Crippen molar-refractivity contribution in [2.24, 2.45) is 0 Å². The van der Waals surface area contributed by atoms with Gasteiger partial charge in [0.1, 0.15) is 12.4 Å². The van der Waals surface area contributed by atoms with E-state index in [9.17, 15) is 5.11 Å². The number of nitrogens with zero attached hydrogens (tertiary/aromatic N) is 2. The maximum Gasteiger partial charge on any atom is 0.119 e. The van der Waals surface area contributed by atoms with E-state index in [4.69, 9.17) is 9.47 Å². The Labute approximate surface area is 151 Å². The molecule has 5 nitrogen and oxygen atoms in total. The highest BCUT2D eigenvalue weighted by atomic mass is 16.5. The SMILES string of the molecule is CO[C@@]12CC[C@@H](O)C[C@@H]1N(Cc1cccc(OCCN(C)C)c1)CC2. The molecule has 2 fully saturated rings. The summed E-state index contributed by atoms with van der Waals surface area (Å²) >= 11 is 0. The van der Waals surface area contributed by atoms with Crippen LogP contribution in [0, 0.1) is 0 Å². The molecule has 5 heteroatoms. The first-order valence-corrected chi connectivity index (χ1v) is 9.36. The van der Waals surface area contributed by atoms with Crippen molar-refractivity contribution in [2.75, 3.05) is 40.9 Å². The molecule has 2 aliphatic rings. The van der Waals surface area contributed by atoms with Gasteiger partial charge in [0, 0.05) is 32.8 Å². The number of likely N-dealkylation sites (tertiary alicyclic amines) is 1. The molecule has 1 aromatic rings. The van der Waals surface area contributed by atoms with E-state index in [1.54, 1.807) is 0 Å². The summed E-state index contributed by atoms with van der Waals surface area (Å²) in [6.45, 7) is 3.51. The molecule has 25 heavy (non-hydrogen) atoms. The molecule has 0 bridgehead atoms. The molecule has 140 valence electrons. The van der Waals surface area contributed by atoms with Crippen LogP contribution in [0.3, 0.4) is 0 Å². The fourth-order valence-corrected chi connectivity index (χ4v) is 4.27. The van der Waals surface area contributed by atoms with Gasteiger partial charge >= 0.3 is 0 Å². The fraction of sp³-hybridized carbons (Fsp3) is 0.700. The molecular formula is C20H32N2O3. The number of aliphatic hydroxyl groups excluding tert-OH is 1. The van der Waals surface area contributed by atoms with Gasteiger partial charge in [-0.2, -0.15) is 0 Å². The number of benzene rings is 1. The number of methoxy groups -OCH3 is 1. The van der Waals surface area contributed by atoms with Crippen LogP contribution in [0.15, 0.2) is 24.3 Å². The van der Waals surface area contributed by atoms with Crippen LogP contribution in [0.4, 0.5) is 0 Å². The Morgan fingerprint density at radius 3 is 2.92 bits per heavy atom. The van der Waals surface area contributed by atoms with Crippen molar-refractivity contribution in [3.8, 4) is 5.75 Å². The van der Waals surface area contributed by atoms with Gasteiger partial charge in [0.25, 0.3) is 0 Å². The minimum absolute atomic E-state index is 0.0704. The van der Waals surface area contributed by atoms with Gasteiger partial charge in [-0.25, -0.2) is 0 Å². The Morgan fingerprint density at radius 1 is 1.32 bits per heavy atom. The topological polar surface area (TPSA) is 45.2 Å². The van der Waals surface area contributed by atoms with Crippen LogP contribution in [0.25, 0.3) is 0 Å². The molecule has 1 aliphatic carbocycles. The van der Waals surface area contributed by atoms with E-state index in [-0.39, 0.29) is 11.7 Å². The van der Waals surface area contributed by atoms with Crippen LogP contribution in [-0.4, -0.2) is 73.6 Å². The average Bonchev–Trinajstić information content (AvgIpc) is 2.94. The minimum atomic E-state index is -0.199. The number of fused-ring (bicyclic) bond motifs is 1. The largest absolute Gasteiger partial charge is 0.492 e. The molecule has 0 radical (unpaired) electrons. The molecule has 1 saturated carbocycles. The number of aliphatic hydroxyl groups is 1. The molecule has 1 heterocycles. The van der Waals surface area contributed by atoms with E-state index in [1.807, 2.05) is 27.3 Å². The van der Waals surface area contributed by atoms with E-state index in [0.29, 0.717) is 12.6 Å². The third kappa shape index (κ3) is 4.34. The van der Waals surface area contributed by atoms with Crippen molar-refractivity contribution < 1.29 is 14.6 Å². The second-order valence-electron chi connectivity index (χ2n) is 7.73. The summed E-state index contributed by atoms with van der Waals surface area (Å²) in [6.07, 6.45) is 3.48. The van der Waals surface area contributed by atoms with Gasteiger partial charge in [-0.1, -0.05) is 12.1 Å². The highest BCUT2D eigenvalue weighted by molar-refractivity contribution is 5.29. The Morgan fingerprint density at radius 2 is 2.16 bits per heavy atom. The zero-order valence-corrected chi connectivity index (χ0v) is 15.8. The van der Waals surface area contributed by atoms with E-state index in [0.717, 1.165) is 51.1 Å². The number of rotatable bonds is 7. The Bertz CT molecular complexity index is 566. The van der Waals surface area contributed by atoms with Gasteiger partial charge in [0.05, 0.1) is 11.7 Å². The summed E-state index contributed by atoms with van der Waals surface area (Å²) < 4.78 is 11.8. The molecule has 1 saturated heterocycles. The number of ether oxygens (including phenoxy) is 2. The first-order valence-electron chi connectivity index (χ1n) is 9.36. The smallest absolute Gasteiger partial charge is 0.119 e. The lowest BCUT2D eigenvalue weighted by atomic mass is 9.79. The van der Waals surface area contributed by atoms with Crippen LogP contribution in [0.1, 0.15) is 31.2 Å². The van der Waals surface area contributed by atoms with Crippen LogP contribution in [0.5, 0.6) is 5.75 Å².